The number of hydrogen-bond donors (Lipinski definition) is 1. The third-order valence-electron chi connectivity index (χ3n) is 8.37. The molecular weight excluding hydrogens is 458 g/mol. The zero-order valence-corrected chi connectivity index (χ0v) is 22.3. The highest BCUT2D eigenvalue weighted by Gasteiger charge is 2.28. The Kier molecular flexibility index (Phi) is 7.93. The number of aromatic nitrogens is 1. The van der Waals surface area contributed by atoms with Crippen molar-refractivity contribution < 1.29 is 4.79 Å². The van der Waals surface area contributed by atoms with E-state index in [1.54, 1.807) is 0 Å². The van der Waals surface area contributed by atoms with Gasteiger partial charge in [0.1, 0.15) is 5.69 Å². The van der Waals surface area contributed by atoms with Gasteiger partial charge in [-0.3, -0.25) is 14.6 Å². The molecule has 2 saturated heterocycles. The van der Waals surface area contributed by atoms with Crippen LogP contribution in [0.15, 0.2) is 42.5 Å². The molecule has 3 aromatic rings. The van der Waals surface area contributed by atoms with E-state index >= 15 is 0 Å². The summed E-state index contributed by atoms with van der Waals surface area (Å²) in [5, 5.41) is 9.96. The smallest absolute Gasteiger partial charge is 0.270 e. The predicted octanol–water partition coefficient (Wildman–Crippen LogP) is 5.23. The summed E-state index contributed by atoms with van der Waals surface area (Å²) in [6.07, 6.45) is 3.81. The van der Waals surface area contributed by atoms with E-state index in [9.17, 15) is 4.79 Å². The molecule has 2 fully saturated rings. The molecule has 0 radical (unpaired) electrons. The molecule has 5 rings (SSSR count). The average Bonchev–Trinajstić information content (AvgIpc) is 3.28. The van der Waals surface area contributed by atoms with Crippen LogP contribution >= 0.6 is 0 Å². The van der Waals surface area contributed by atoms with Crippen LogP contribution < -0.4 is 0 Å². The van der Waals surface area contributed by atoms with Crippen LogP contribution in [0.1, 0.15) is 64.3 Å². The molecule has 1 N–H and O–H groups in total. The van der Waals surface area contributed by atoms with Crippen molar-refractivity contribution in [1.82, 2.24) is 19.7 Å². The van der Waals surface area contributed by atoms with Crippen LogP contribution in [0.25, 0.3) is 10.9 Å². The number of fused-ring (bicyclic) bond motifs is 1. The Morgan fingerprint density at radius 1 is 0.946 bits per heavy atom. The van der Waals surface area contributed by atoms with Crippen molar-refractivity contribution in [3.63, 3.8) is 0 Å². The minimum Gasteiger partial charge on any atom is -0.350 e. The third-order valence-corrected chi connectivity index (χ3v) is 8.37. The summed E-state index contributed by atoms with van der Waals surface area (Å²) in [6.45, 7) is 11.5. The van der Waals surface area contributed by atoms with Crippen LogP contribution in [-0.2, 0) is 6.54 Å². The maximum absolute atomic E-state index is 13.7. The number of nitriles is 1. The molecule has 0 bridgehead atoms. The quantitative estimate of drug-likeness (QED) is 0.454. The first-order valence-electron chi connectivity index (χ1n) is 13.8. The molecule has 0 unspecified atom stereocenters. The van der Waals surface area contributed by atoms with Gasteiger partial charge in [-0.2, -0.15) is 5.26 Å². The first-order valence-corrected chi connectivity index (χ1v) is 13.8. The minimum atomic E-state index is 0.119. The zero-order chi connectivity index (χ0) is 25.8. The normalized spacial score (nSPS) is 17.8. The molecule has 37 heavy (non-hydrogen) atoms. The Morgan fingerprint density at radius 3 is 2.35 bits per heavy atom. The number of aryl methyl sites for hydroxylation is 2. The number of rotatable bonds is 7. The van der Waals surface area contributed by atoms with E-state index < -0.39 is 0 Å². The number of unbranched alkanes of at least 4 members (excludes halogenated alkanes) is 1. The first-order chi connectivity index (χ1) is 18.0. The predicted molar refractivity (Wildman–Crippen MR) is 149 cm³/mol. The lowest BCUT2D eigenvalue weighted by molar-refractivity contribution is 0.0629. The highest BCUT2D eigenvalue weighted by molar-refractivity contribution is 6.01. The fourth-order valence-corrected chi connectivity index (χ4v) is 6.34. The van der Waals surface area contributed by atoms with Gasteiger partial charge in [0.15, 0.2) is 0 Å². The Bertz CT molecular complexity index is 1250. The van der Waals surface area contributed by atoms with Crippen LogP contribution in [0.4, 0.5) is 0 Å². The number of para-hydroxylation sites is 1. The summed E-state index contributed by atoms with van der Waals surface area (Å²) in [5.41, 5.74) is 7.30. The van der Waals surface area contributed by atoms with Crippen molar-refractivity contribution in [1.29, 1.82) is 5.26 Å². The molecule has 3 heterocycles. The van der Waals surface area contributed by atoms with Crippen molar-refractivity contribution in [2.75, 3.05) is 45.8 Å². The number of piperazine rings is 1. The van der Waals surface area contributed by atoms with Crippen molar-refractivity contribution in [2.24, 2.45) is 0 Å². The molecular formula is C31H39N5O. The summed E-state index contributed by atoms with van der Waals surface area (Å²) in [6, 6.07) is 17.2. The van der Waals surface area contributed by atoms with Crippen LogP contribution in [0.5, 0.6) is 0 Å². The van der Waals surface area contributed by atoms with Crippen molar-refractivity contribution >= 4 is 16.8 Å². The fourth-order valence-electron chi connectivity index (χ4n) is 6.34. The summed E-state index contributed by atoms with van der Waals surface area (Å²) in [7, 11) is 0. The van der Waals surface area contributed by atoms with Crippen molar-refractivity contribution in [3.05, 3.63) is 70.4 Å². The molecule has 0 aliphatic carbocycles. The monoisotopic (exact) mass is 497 g/mol. The second-order valence-corrected chi connectivity index (χ2v) is 10.8. The lowest BCUT2D eigenvalue weighted by Crippen LogP contribution is -2.49. The van der Waals surface area contributed by atoms with Crippen molar-refractivity contribution in [3.8, 4) is 6.07 Å². The van der Waals surface area contributed by atoms with Crippen LogP contribution in [0.3, 0.4) is 0 Å². The standard InChI is InChI=1S/C31H39N5O/c1-23-8-7-9-24(2)29(23)25-12-16-35(17-13-25)22-27-26-10-3-4-11-28(26)33-30(27)31(37)36-20-18-34(19-21-36)15-6-5-14-32/h3-4,7-11,25,33H,5-6,12-13,15-22H2,1-2H3. The molecule has 2 aliphatic rings. The number of benzene rings is 2. The van der Waals surface area contributed by atoms with E-state index in [4.69, 9.17) is 5.26 Å². The minimum absolute atomic E-state index is 0.119. The highest BCUT2D eigenvalue weighted by Crippen LogP contribution is 2.34. The second-order valence-electron chi connectivity index (χ2n) is 10.8. The lowest BCUT2D eigenvalue weighted by Gasteiger charge is -2.35. The number of nitrogens with one attached hydrogen (secondary N) is 1. The van der Waals surface area contributed by atoms with Gasteiger partial charge in [-0.1, -0.05) is 36.4 Å². The number of H-pyrrole nitrogens is 1. The molecule has 0 atom stereocenters. The van der Waals surface area contributed by atoms with Crippen LogP contribution in [0, 0.1) is 25.2 Å². The van der Waals surface area contributed by atoms with E-state index in [1.807, 2.05) is 11.0 Å². The number of likely N-dealkylation sites (tertiary alicyclic amines) is 1. The van der Waals surface area contributed by atoms with E-state index in [0.717, 1.165) is 93.8 Å². The number of carbonyl (C=O) groups excluding carboxylic acids is 1. The fraction of sp³-hybridized carbons (Fsp3) is 0.484. The summed E-state index contributed by atoms with van der Waals surface area (Å²) >= 11 is 0. The van der Waals surface area contributed by atoms with E-state index in [0.29, 0.717) is 12.3 Å². The maximum atomic E-state index is 13.7. The number of piperidine rings is 1. The topological polar surface area (TPSA) is 66.4 Å². The Balaban J connectivity index is 1.28. The van der Waals surface area contributed by atoms with Gasteiger partial charge in [-0.15, -0.1) is 0 Å². The van der Waals surface area contributed by atoms with E-state index in [2.05, 4.69) is 71.1 Å². The molecule has 2 aliphatic heterocycles. The van der Waals surface area contributed by atoms with Gasteiger partial charge in [0.2, 0.25) is 0 Å². The molecule has 1 amide bonds. The third kappa shape index (κ3) is 5.58. The number of amides is 1. The molecule has 0 spiro atoms. The molecule has 6 heteroatoms. The van der Waals surface area contributed by atoms with E-state index in [1.165, 1.54) is 16.7 Å². The van der Waals surface area contributed by atoms with Gasteiger partial charge in [-0.25, -0.2) is 0 Å². The molecule has 6 nitrogen and oxygen atoms in total. The van der Waals surface area contributed by atoms with Gasteiger partial charge in [0.05, 0.1) is 6.07 Å². The zero-order valence-electron chi connectivity index (χ0n) is 22.3. The summed E-state index contributed by atoms with van der Waals surface area (Å²) in [5.74, 6) is 0.735. The molecule has 1 aromatic heterocycles. The number of hydrogen-bond acceptors (Lipinski definition) is 4. The second kappa shape index (κ2) is 11.5. The summed E-state index contributed by atoms with van der Waals surface area (Å²) < 4.78 is 0. The average molecular weight is 498 g/mol. The van der Waals surface area contributed by atoms with Gasteiger partial charge in [0.25, 0.3) is 5.91 Å². The number of carbonyl (C=O) groups is 1. The van der Waals surface area contributed by atoms with Crippen LogP contribution in [-0.4, -0.2) is 71.4 Å². The maximum Gasteiger partial charge on any atom is 0.270 e. The molecule has 194 valence electrons. The first kappa shape index (κ1) is 25.5. The van der Waals surface area contributed by atoms with Crippen LogP contribution in [0.2, 0.25) is 0 Å². The van der Waals surface area contributed by atoms with E-state index in [-0.39, 0.29) is 5.91 Å². The number of nitrogens with zero attached hydrogens (tertiary/aromatic N) is 4. The molecule has 2 aromatic carbocycles. The van der Waals surface area contributed by atoms with Gasteiger partial charge >= 0.3 is 0 Å². The van der Waals surface area contributed by atoms with Crippen molar-refractivity contribution in [2.45, 2.75) is 52.0 Å². The van der Waals surface area contributed by atoms with Gasteiger partial charge in [0, 0.05) is 55.6 Å². The van der Waals surface area contributed by atoms with Gasteiger partial charge in [-0.05, 0) is 81.4 Å². The Labute approximate surface area is 220 Å². The Morgan fingerprint density at radius 2 is 1.65 bits per heavy atom. The Hall–Kier alpha value is -3.14. The lowest BCUT2D eigenvalue weighted by atomic mass is 9.84. The number of aromatic amines is 1. The summed E-state index contributed by atoms with van der Waals surface area (Å²) in [4.78, 5) is 24.1. The largest absolute Gasteiger partial charge is 0.350 e. The van der Waals surface area contributed by atoms with Gasteiger partial charge < -0.3 is 9.88 Å². The molecule has 0 saturated carbocycles. The highest BCUT2D eigenvalue weighted by atomic mass is 16.2. The SMILES string of the molecule is Cc1cccc(C)c1C1CCN(Cc2c(C(=O)N3CCN(CCCC#N)CC3)[nH]c3ccccc23)CC1.